The van der Waals surface area contributed by atoms with Crippen molar-refractivity contribution in [3.63, 3.8) is 0 Å². The number of hydrogen-bond donors (Lipinski definition) is 2. The SMILES string of the molecule is COCCCN(C)C(=O)NC1CCCCC1C(=O)O. The molecule has 2 amide bonds. The minimum absolute atomic E-state index is 0.200. The van der Waals surface area contributed by atoms with Crippen molar-refractivity contribution in [3.05, 3.63) is 0 Å². The molecule has 1 aliphatic rings. The number of urea groups is 1. The van der Waals surface area contributed by atoms with Gasteiger partial charge in [-0.05, 0) is 19.3 Å². The molecule has 0 aromatic rings. The average Bonchev–Trinajstić information content (AvgIpc) is 2.39. The Morgan fingerprint density at radius 1 is 1.37 bits per heavy atom. The predicted molar refractivity (Wildman–Crippen MR) is 71.0 cm³/mol. The highest BCUT2D eigenvalue weighted by Crippen LogP contribution is 2.24. The van der Waals surface area contributed by atoms with Crippen molar-refractivity contribution in [2.75, 3.05) is 27.3 Å². The van der Waals surface area contributed by atoms with E-state index in [-0.39, 0.29) is 12.1 Å². The molecule has 0 radical (unpaired) electrons. The number of hydrogen-bond acceptors (Lipinski definition) is 3. The second-order valence-corrected chi connectivity index (χ2v) is 5.05. The summed E-state index contributed by atoms with van der Waals surface area (Å²) in [7, 11) is 3.34. The fourth-order valence-electron chi connectivity index (χ4n) is 2.42. The van der Waals surface area contributed by atoms with Crippen LogP contribution >= 0.6 is 0 Å². The number of rotatable bonds is 6. The molecule has 0 aromatic heterocycles. The largest absolute Gasteiger partial charge is 0.481 e. The van der Waals surface area contributed by atoms with Gasteiger partial charge in [0, 0.05) is 33.4 Å². The fraction of sp³-hybridized carbons (Fsp3) is 0.846. The summed E-state index contributed by atoms with van der Waals surface area (Å²) >= 11 is 0. The molecule has 2 unspecified atom stereocenters. The van der Waals surface area contributed by atoms with Crippen LogP contribution in [-0.2, 0) is 9.53 Å². The highest BCUT2D eigenvalue weighted by molar-refractivity contribution is 5.76. The van der Waals surface area contributed by atoms with Gasteiger partial charge in [0.05, 0.1) is 5.92 Å². The van der Waals surface area contributed by atoms with E-state index < -0.39 is 11.9 Å². The maximum absolute atomic E-state index is 12.0. The molecule has 0 saturated heterocycles. The first-order valence-corrected chi connectivity index (χ1v) is 6.79. The van der Waals surface area contributed by atoms with E-state index in [1.807, 2.05) is 0 Å². The Morgan fingerprint density at radius 3 is 2.68 bits per heavy atom. The van der Waals surface area contributed by atoms with Crippen LogP contribution in [0.4, 0.5) is 4.79 Å². The van der Waals surface area contributed by atoms with E-state index in [0.29, 0.717) is 19.6 Å². The van der Waals surface area contributed by atoms with E-state index in [4.69, 9.17) is 9.84 Å². The van der Waals surface area contributed by atoms with Crippen molar-refractivity contribution < 1.29 is 19.4 Å². The molecule has 6 nitrogen and oxygen atoms in total. The van der Waals surface area contributed by atoms with Crippen LogP contribution in [0.5, 0.6) is 0 Å². The predicted octanol–water partition coefficient (Wildman–Crippen LogP) is 1.31. The van der Waals surface area contributed by atoms with E-state index >= 15 is 0 Å². The monoisotopic (exact) mass is 272 g/mol. The van der Waals surface area contributed by atoms with Gasteiger partial charge in [0.2, 0.25) is 0 Å². The lowest BCUT2D eigenvalue weighted by Crippen LogP contribution is -2.49. The zero-order valence-corrected chi connectivity index (χ0v) is 11.7. The molecule has 0 aromatic carbocycles. The van der Waals surface area contributed by atoms with Crippen LogP contribution in [-0.4, -0.2) is 55.4 Å². The van der Waals surface area contributed by atoms with E-state index in [1.165, 1.54) is 0 Å². The van der Waals surface area contributed by atoms with Gasteiger partial charge >= 0.3 is 12.0 Å². The fourth-order valence-corrected chi connectivity index (χ4v) is 2.42. The van der Waals surface area contributed by atoms with Crippen LogP contribution < -0.4 is 5.32 Å². The molecule has 1 saturated carbocycles. The first-order chi connectivity index (χ1) is 9.06. The third kappa shape index (κ3) is 5.06. The Balaban J connectivity index is 2.42. The third-order valence-electron chi connectivity index (χ3n) is 3.58. The van der Waals surface area contributed by atoms with Crippen LogP contribution in [0.15, 0.2) is 0 Å². The van der Waals surface area contributed by atoms with E-state index in [9.17, 15) is 9.59 Å². The maximum atomic E-state index is 12.0. The van der Waals surface area contributed by atoms with Crippen molar-refractivity contribution >= 4 is 12.0 Å². The minimum atomic E-state index is -0.813. The van der Waals surface area contributed by atoms with Gasteiger partial charge in [-0.1, -0.05) is 12.8 Å². The molecule has 1 aliphatic carbocycles. The summed E-state index contributed by atoms with van der Waals surface area (Å²) < 4.78 is 4.93. The summed E-state index contributed by atoms with van der Waals surface area (Å²) in [5, 5.41) is 12.0. The molecule has 0 bridgehead atoms. The van der Waals surface area contributed by atoms with Crippen molar-refractivity contribution in [3.8, 4) is 0 Å². The van der Waals surface area contributed by atoms with Gasteiger partial charge in [-0.3, -0.25) is 4.79 Å². The zero-order chi connectivity index (χ0) is 14.3. The number of methoxy groups -OCH3 is 1. The summed E-state index contributed by atoms with van der Waals surface area (Å²) in [6.45, 7) is 1.21. The smallest absolute Gasteiger partial charge is 0.317 e. The molecular formula is C13H24N2O4. The van der Waals surface area contributed by atoms with Crippen molar-refractivity contribution in [1.82, 2.24) is 10.2 Å². The molecule has 0 aliphatic heterocycles. The minimum Gasteiger partial charge on any atom is -0.481 e. The number of carbonyl (C=O) groups excluding carboxylic acids is 1. The summed E-state index contributed by atoms with van der Waals surface area (Å²) in [6, 6.07) is -0.446. The van der Waals surface area contributed by atoms with Crippen LogP contribution in [0.2, 0.25) is 0 Å². The number of carboxylic acid groups (broad SMARTS) is 1. The average molecular weight is 272 g/mol. The molecule has 6 heteroatoms. The molecule has 0 heterocycles. The van der Waals surface area contributed by atoms with Crippen molar-refractivity contribution in [2.24, 2.45) is 5.92 Å². The second-order valence-electron chi connectivity index (χ2n) is 5.05. The first-order valence-electron chi connectivity index (χ1n) is 6.79. The van der Waals surface area contributed by atoms with Gasteiger partial charge in [-0.25, -0.2) is 4.79 Å². The summed E-state index contributed by atoms with van der Waals surface area (Å²) in [4.78, 5) is 24.7. The molecule has 0 spiro atoms. The van der Waals surface area contributed by atoms with Gasteiger partial charge in [0.1, 0.15) is 0 Å². The lowest BCUT2D eigenvalue weighted by molar-refractivity contribution is -0.143. The Hall–Kier alpha value is -1.30. The number of nitrogens with one attached hydrogen (secondary N) is 1. The molecular weight excluding hydrogens is 248 g/mol. The molecule has 1 rings (SSSR count). The maximum Gasteiger partial charge on any atom is 0.317 e. The molecule has 2 atom stereocenters. The zero-order valence-electron chi connectivity index (χ0n) is 11.7. The van der Waals surface area contributed by atoms with Crippen molar-refractivity contribution in [1.29, 1.82) is 0 Å². The van der Waals surface area contributed by atoms with Gasteiger partial charge in [0.25, 0.3) is 0 Å². The van der Waals surface area contributed by atoms with E-state index in [1.54, 1.807) is 19.1 Å². The molecule has 19 heavy (non-hydrogen) atoms. The van der Waals surface area contributed by atoms with Crippen LogP contribution in [0.1, 0.15) is 32.1 Å². The normalized spacial score (nSPS) is 22.8. The van der Waals surface area contributed by atoms with Gasteiger partial charge < -0.3 is 20.1 Å². The van der Waals surface area contributed by atoms with Gasteiger partial charge in [-0.2, -0.15) is 0 Å². The van der Waals surface area contributed by atoms with E-state index in [0.717, 1.165) is 25.7 Å². The van der Waals surface area contributed by atoms with Crippen LogP contribution in [0, 0.1) is 5.92 Å². The van der Waals surface area contributed by atoms with Gasteiger partial charge in [-0.15, -0.1) is 0 Å². The Bertz CT molecular complexity index is 309. The number of aliphatic carboxylic acids is 1. The molecule has 2 N–H and O–H groups in total. The number of amides is 2. The lowest BCUT2D eigenvalue weighted by atomic mass is 9.84. The third-order valence-corrected chi connectivity index (χ3v) is 3.58. The highest BCUT2D eigenvalue weighted by Gasteiger charge is 2.32. The summed E-state index contributed by atoms with van der Waals surface area (Å²) in [5.41, 5.74) is 0. The standard InChI is InChI=1S/C13H24N2O4/c1-15(8-5-9-19-2)13(18)14-11-7-4-3-6-10(11)12(16)17/h10-11H,3-9H2,1-2H3,(H,14,18)(H,16,17). The molecule has 1 fully saturated rings. The van der Waals surface area contributed by atoms with E-state index in [2.05, 4.69) is 5.32 Å². The Kier molecular flexibility index (Phi) is 6.62. The quantitative estimate of drug-likeness (QED) is 0.714. The Labute approximate surface area is 114 Å². The number of carboxylic acids is 1. The second kappa shape index (κ2) is 7.99. The number of nitrogens with zero attached hydrogens (tertiary/aromatic N) is 1. The van der Waals surface area contributed by atoms with Crippen LogP contribution in [0.3, 0.4) is 0 Å². The Morgan fingerprint density at radius 2 is 2.05 bits per heavy atom. The molecule has 110 valence electrons. The van der Waals surface area contributed by atoms with Gasteiger partial charge in [0.15, 0.2) is 0 Å². The topological polar surface area (TPSA) is 78.9 Å². The summed E-state index contributed by atoms with van der Waals surface area (Å²) in [6.07, 6.45) is 4.06. The first kappa shape index (κ1) is 15.8. The number of ether oxygens (including phenoxy) is 1. The summed E-state index contributed by atoms with van der Waals surface area (Å²) in [5.74, 6) is -1.27. The highest BCUT2D eigenvalue weighted by atomic mass is 16.5. The van der Waals surface area contributed by atoms with Crippen LogP contribution in [0.25, 0.3) is 0 Å². The lowest BCUT2D eigenvalue weighted by Gasteiger charge is -2.31. The van der Waals surface area contributed by atoms with Crippen molar-refractivity contribution in [2.45, 2.75) is 38.1 Å². The number of carbonyl (C=O) groups is 2.